The van der Waals surface area contributed by atoms with E-state index in [1.54, 1.807) is 14.2 Å². The molecule has 0 aliphatic carbocycles. The third kappa shape index (κ3) is 6.66. The number of hydrogen-bond donors (Lipinski definition) is 2. The molecule has 0 amide bonds. The predicted octanol–water partition coefficient (Wildman–Crippen LogP) is 3.34. The maximum Gasteiger partial charge on any atom is 0.191 e. The Morgan fingerprint density at radius 1 is 1.08 bits per heavy atom. The van der Waals surface area contributed by atoms with Crippen molar-refractivity contribution in [1.29, 1.82) is 0 Å². The Labute approximate surface area is 168 Å². The molecule has 0 heterocycles. The van der Waals surface area contributed by atoms with Crippen LogP contribution in [0.15, 0.2) is 47.5 Å². The molecule has 0 radical (unpaired) electrons. The Balaban J connectivity index is 0.00000338. The minimum Gasteiger partial charge on any atom is -0.496 e. The van der Waals surface area contributed by atoms with Crippen LogP contribution in [0, 0.1) is 11.6 Å². The van der Waals surface area contributed by atoms with Gasteiger partial charge in [-0.2, -0.15) is 0 Å². The fourth-order valence-corrected chi connectivity index (χ4v) is 2.17. The molecule has 2 rings (SSSR count). The average Bonchev–Trinajstić information content (AvgIpc) is 2.62. The van der Waals surface area contributed by atoms with Crippen molar-refractivity contribution in [2.75, 3.05) is 27.3 Å². The Kier molecular flexibility index (Phi) is 9.71. The number of methoxy groups -OCH3 is 1. The molecular weight excluding hydrogens is 455 g/mol. The number of nitrogens with one attached hydrogen (secondary N) is 2. The molecule has 0 spiro atoms. The van der Waals surface area contributed by atoms with E-state index in [1.165, 1.54) is 6.07 Å². The van der Waals surface area contributed by atoms with E-state index in [-0.39, 0.29) is 36.3 Å². The van der Waals surface area contributed by atoms with Gasteiger partial charge in [0.15, 0.2) is 17.5 Å². The summed E-state index contributed by atoms with van der Waals surface area (Å²) in [4.78, 5) is 4.11. The van der Waals surface area contributed by atoms with E-state index in [0.717, 1.165) is 23.4 Å². The number of hydrogen-bond acceptors (Lipinski definition) is 3. The summed E-state index contributed by atoms with van der Waals surface area (Å²) >= 11 is 0. The third-order valence-corrected chi connectivity index (χ3v) is 3.41. The molecule has 2 aromatic carbocycles. The van der Waals surface area contributed by atoms with Crippen LogP contribution >= 0.6 is 24.0 Å². The van der Waals surface area contributed by atoms with Crippen LogP contribution in [-0.4, -0.2) is 33.3 Å². The van der Waals surface area contributed by atoms with Crippen LogP contribution in [0.3, 0.4) is 0 Å². The van der Waals surface area contributed by atoms with Gasteiger partial charge in [-0.3, -0.25) is 4.99 Å². The lowest BCUT2D eigenvalue weighted by Gasteiger charge is -2.14. The first-order valence-electron chi connectivity index (χ1n) is 7.78. The standard InChI is InChI=1S/C18H21F2N3O2.HI/c1-21-18(23-12-13-5-3-4-6-16(13)24-2)22-9-10-25-17-8-7-14(19)11-15(17)20;/h3-8,11H,9-10,12H2,1-2H3,(H2,21,22,23);1H. The van der Waals surface area contributed by atoms with E-state index in [0.29, 0.717) is 19.0 Å². The maximum atomic E-state index is 13.4. The van der Waals surface area contributed by atoms with Crippen LogP contribution in [0.1, 0.15) is 5.56 Å². The molecular formula is C18H22F2IN3O2. The molecule has 142 valence electrons. The van der Waals surface area contributed by atoms with Gasteiger partial charge in [-0.25, -0.2) is 8.78 Å². The number of guanidine groups is 1. The summed E-state index contributed by atoms with van der Waals surface area (Å²) in [6, 6.07) is 10.9. The SMILES string of the molecule is CN=C(NCCOc1ccc(F)cc1F)NCc1ccccc1OC.I. The van der Waals surface area contributed by atoms with Gasteiger partial charge in [-0.1, -0.05) is 18.2 Å². The summed E-state index contributed by atoms with van der Waals surface area (Å²) in [5.74, 6) is 0.0254. The van der Waals surface area contributed by atoms with Gasteiger partial charge in [0.25, 0.3) is 0 Å². The summed E-state index contributed by atoms with van der Waals surface area (Å²) in [6.07, 6.45) is 0. The number of benzene rings is 2. The summed E-state index contributed by atoms with van der Waals surface area (Å²) in [7, 11) is 3.27. The van der Waals surface area contributed by atoms with E-state index in [9.17, 15) is 8.78 Å². The molecule has 8 heteroatoms. The second-order valence-corrected chi connectivity index (χ2v) is 5.09. The van der Waals surface area contributed by atoms with Crippen molar-refractivity contribution in [1.82, 2.24) is 10.6 Å². The molecule has 0 fully saturated rings. The second kappa shape index (κ2) is 11.5. The van der Waals surface area contributed by atoms with Crippen molar-refractivity contribution in [3.05, 3.63) is 59.7 Å². The molecule has 26 heavy (non-hydrogen) atoms. The van der Waals surface area contributed by atoms with Crippen molar-refractivity contribution in [3.8, 4) is 11.5 Å². The van der Waals surface area contributed by atoms with Crippen molar-refractivity contribution in [3.63, 3.8) is 0 Å². The first-order chi connectivity index (χ1) is 12.1. The smallest absolute Gasteiger partial charge is 0.191 e. The summed E-state index contributed by atoms with van der Waals surface area (Å²) in [5, 5.41) is 6.21. The Bertz CT molecular complexity index is 729. The van der Waals surface area contributed by atoms with Crippen molar-refractivity contribution in [2.24, 2.45) is 4.99 Å². The highest BCUT2D eigenvalue weighted by atomic mass is 127. The van der Waals surface area contributed by atoms with E-state index in [4.69, 9.17) is 9.47 Å². The van der Waals surface area contributed by atoms with Gasteiger partial charge < -0.3 is 20.1 Å². The first-order valence-corrected chi connectivity index (χ1v) is 7.78. The van der Waals surface area contributed by atoms with Crippen molar-refractivity contribution < 1.29 is 18.3 Å². The van der Waals surface area contributed by atoms with Crippen LogP contribution in [-0.2, 0) is 6.54 Å². The molecule has 0 atom stereocenters. The Morgan fingerprint density at radius 3 is 2.54 bits per heavy atom. The monoisotopic (exact) mass is 477 g/mol. The fraction of sp³-hybridized carbons (Fsp3) is 0.278. The van der Waals surface area contributed by atoms with Crippen molar-refractivity contribution >= 4 is 29.9 Å². The number of aliphatic imine (C=N–C) groups is 1. The van der Waals surface area contributed by atoms with E-state index >= 15 is 0 Å². The van der Waals surface area contributed by atoms with Gasteiger partial charge in [-0.15, -0.1) is 24.0 Å². The van der Waals surface area contributed by atoms with E-state index in [2.05, 4.69) is 15.6 Å². The predicted molar refractivity (Wildman–Crippen MR) is 108 cm³/mol. The molecule has 2 N–H and O–H groups in total. The Hall–Kier alpha value is -2.10. The zero-order valence-electron chi connectivity index (χ0n) is 14.6. The van der Waals surface area contributed by atoms with E-state index in [1.807, 2.05) is 24.3 Å². The lowest BCUT2D eigenvalue weighted by molar-refractivity contribution is 0.304. The van der Waals surface area contributed by atoms with Gasteiger partial charge in [0.2, 0.25) is 0 Å². The number of nitrogens with zero attached hydrogens (tertiary/aromatic N) is 1. The highest BCUT2D eigenvalue weighted by molar-refractivity contribution is 14.0. The minimum absolute atomic E-state index is 0. The quantitative estimate of drug-likeness (QED) is 0.278. The molecule has 0 aromatic heterocycles. The highest BCUT2D eigenvalue weighted by Crippen LogP contribution is 2.17. The first kappa shape index (κ1) is 21.9. The topological polar surface area (TPSA) is 54.9 Å². The summed E-state index contributed by atoms with van der Waals surface area (Å²) in [5.41, 5.74) is 0.998. The molecule has 2 aromatic rings. The molecule has 0 aliphatic rings. The van der Waals surface area contributed by atoms with Gasteiger partial charge in [0, 0.05) is 25.2 Å². The minimum atomic E-state index is -0.723. The molecule has 0 saturated carbocycles. The second-order valence-electron chi connectivity index (χ2n) is 5.09. The fourth-order valence-electron chi connectivity index (χ4n) is 2.17. The van der Waals surface area contributed by atoms with Gasteiger partial charge in [-0.05, 0) is 18.2 Å². The number of ether oxygens (including phenoxy) is 2. The van der Waals surface area contributed by atoms with E-state index < -0.39 is 11.6 Å². The number of halogens is 3. The molecule has 0 saturated heterocycles. The summed E-state index contributed by atoms with van der Waals surface area (Å²) in [6.45, 7) is 1.15. The number of rotatable bonds is 7. The normalized spacial score (nSPS) is 10.7. The molecule has 0 bridgehead atoms. The average molecular weight is 477 g/mol. The van der Waals surface area contributed by atoms with Crippen LogP contribution in [0.4, 0.5) is 8.78 Å². The molecule has 0 unspecified atom stereocenters. The van der Waals surface area contributed by atoms with Crippen molar-refractivity contribution in [2.45, 2.75) is 6.54 Å². The summed E-state index contributed by atoms with van der Waals surface area (Å²) < 4.78 is 36.8. The van der Waals surface area contributed by atoms with Crippen LogP contribution < -0.4 is 20.1 Å². The zero-order chi connectivity index (χ0) is 18.1. The lowest BCUT2D eigenvalue weighted by Crippen LogP contribution is -2.39. The van der Waals surface area contributed by atoms with Gasteiger partial charge >= 0.3 is 0 Å². The lowest BCUT2D eigenvalue weighted by atomic mass is 10.2. The maximum absolute atomic E-state index is 13.4. The number of para-hydroxylation sites is 1. The zero-order valence-corrected chi connectivity index (χ0v) is 16.9. The third-order valence-electron chi connectivity index (χ3n) is 3.41. The van der Waals surface area contributed by atoms with Crippen LogP contribution in [0.5, 0.6) is 11.5 Å². The van der Waals surface area contributed by atoms with Crippen LogP contribution in [0.25, 0.3) is 0 Å². The molecule has 0 aliphatic heterocycles. The molecule has 5 nitrogen and oxygen atoms in total. The van der Waals surface area contributed by atoms with Crippen LogP contribution in [0.2, 0.25) is 0 Å². The highest BCUT2D eigenvalue weighted by Gasteiger charge is 2.06. The Morgan fingerprint density at radius 2 is 1.85 bits per heavy atom. The van der Waals surface area contributed by atoms with Gasteiger partial charge in [0.05, 0.1) is 13.7 Å². The largest absolute Gasteiger partial charge is 0.496 e. The van der Waals surface area contributed by atoms with Gasteiger partial charge in [0.1, 0.15) is 18.2 Å².